The normalized spacial score (nSPS) is 10.9. The molecule has 0 N–H and O–H groups in total. The van der Waals surface area contributed by atoms with E-state index in [0.29, 0.717) is 0 Å². The summed E-state index contributed by atoms with van der Waals surface area (Å²) in [5.74, 6) is -1.26. The molecule has 0 fully saturated rings. The summed E-state index contributed by atoms with van der Waals surface area (Å²) in [5.41, 5.74) is 0.551. The van der Waals surface area contributed by atoms with Crippen LogP contribution < -0.4 is 0 Å². The number of nitrogens with zero attached hydrogens (tertiary/aromatic N) is 1. The Labute approximate surface area is 119 Å². The van der Waals surface area contributed by atoms with Gasteiger partial charge in [-0.3, -0.25) is 4.79 Å². The van der Waals surface area contributed by atoms with E-state index in [2.05, 4.69) is 21.1 Å². The van der Waals surface area contributed by atoms with Crippen molar-refractivity contribution in [1.82, 2.24) is 0 Å². The number of hydrogen-bond donors (Lipinski definition) is 0. The summed E-state index contributed by atoms with van der Waals surface area (Å²) >= 11 is 2.98. The van der Waals surface area contributed by atoms with Crippen molar-refractivity contribution in [2.75, 3.05) is 11.9 Å². The first kappa shape index (κ1) is 15.4. The minimum atomic E-state index is -0.778. The molecule has 0 atom stereocenters. The Bertz CT molecular complexity index is 459. The maximum atomic E-state index is 11.5. The highest BCUT2D eigenvalue weighted by Gasteiger charge is 2.21. The van der Waals surface area contributed by atoms with E-state index in [0.717, 1.165) is 5.56 Å². The van der Waals surface area contributed by atoms with Gasteiger partial charge in [0.2, 0.25) is 11.5 Å². The van der Waals surface area contributed by atoms with Gasteiger partial charge in [-0.05, 0) is 12.5 Å². The largest absolute Gasteiger partial charge is 0.461 e. The Hall–Kier alpha value is -1.69. The number of hydrogen-bond acceptors (Lipinski definition) is 5. The number of ether oxygens (including phenoxy) is 1. The second-order valence-electron chi connectivity index (χ2n) is 3.48. The number of oxime groups is 1. The summed E-state index contributed by atoms with van der Waals surface area (Å²) in [5, 5.41) is 3.56. The zero-order valence-electron chi connectivity index (χ0n) is 10.5. The topological polar surface area (TPSA) is 65.0 Å². The average molecular weight is 328 g/mol. The Morgan fingerprint density at radius 1 is 1.26 bits per heavy atom. The molecule has 0 aliphatic heterocycles. The molecule has 6 heteroatoms. The van der Waals surface area contributed by atoms with Gasteiger partial charge in [0.1, 0.15) is 6.61 Å². The molecule has 0 aliphatic carbocycles. The zero-order chi connectivity index (χ0) is 14.1. The van der Waals surface area contributed by atoms with Crippen LogP contribution in [0.2, 0.25) is 0 Å². The first-order valence-corrected chi connectivity index (χ1v) is 6.81. The number of carbonyl (C=O) groups is 2. The van der Waals surface area contributed by atoms with Crippen LogP contribution >= 0.6 is 15.9 Å². The summed E-state index contributed by atoms with van der Waals surface area (Å²) in [6.07, 6.45) is 0. The second-order valence-corrected chi connectivity index (χ2v) is 4.04. The third-order valence-electron chi connectivity index (χ3n) is 2.08. The molecule has 0 aliphatic rings. The molecular formula is C13H14BrNO4. The lowest BCUT2D eigenvalue weighted by Crippen LogP contribution is -2.27. The maximum Gasteiger partial charge on any atom is 0.364 e. The van der Waals surface area contributed by atoms with E-state index in [1.165, 1.54) is 0 Å². The maximum absolute atomic E-state index is 11.5. The van der Waals surface area contributed by atoms with E-state index >= 15 is 0 Å². The van der Waals surface area contributed by atoms with Crippen LogP contribution in [0.25, 0.3) is 0 Å². The van der Waals surface area contributed by atoms with Crippen LogP contribution in [0.4, 0.5) is 0 Å². The van der Waals surface area contributed by atoms with Gasteiger partial charge in [-0.25, -0.2) is 4.79 Å². The predicted octanol–water partition coefficient (Wildman–Crippen LogP) is 2.09. The molecule has 102 valence electrons. The van der Waals surface area contributed by atoms with Crippen LogP contribution in [0, 0.1) is 0 Å². The number of esters is 1. The Balaban J connectivity index is 2.67. The van der Waals surface area contributed by atoms with Gasteiger partial charge in [0, 0.05) is 0 Å². The zero-order valence-corrected chi connectivity index (χ0v) is 12.1. The Morgan fingerprint density at radius 2 is 1.95 bits per heavy atom. The predicted molar refractivity (Wildman–Crippen MR) is 74.1 cm³/mol. The number of halogens is 1. The third kappa shape index (κ3) is 5.21. The fourth-order valence-corrected chi connectivity index (χ4v) is 1.48. The van der Waals surface area contributed by atoms with Crippen LogP contribution in [0.5, 0.6) is 0 Å². The van der Waals surface area contributed by atoms with E-state index in [1.54, 1.807) is 6.92 Å². The van der Waals surface area contributed by atoms with Gasteiger partial charge in [0.15, 0.2) is 0 Å². The van der Waals surface area contributed by atoms with E-state index in [1.807, 2.05) is 30.3 Å². The molecule has 0 saturated heterocycles. The van der Waals surface area contributed by atoms with E-state index in [4.69, 9.17) is 9.57 Å². The molecule has 1 aromatic rings. The molecule has 0 aromatic heterocycles. The lowest BCUT2D eigenvalue weighted by molar-refractivity contribution is -0.136. The van der Waals surface area contributed by atoms with Crippen molar-refractivity contribution < 1.29 is 19.2 Å². The molecule has 0 unspecified atom stereocenters. The van der Waals surface area contributed by atoms with Crippen molar-refractivity contribution in [2.45, 2.75) is 13.5 Å². The van der Waals surface area contributed by atoms with Crippen molar-refractivity contribution in [3.8, 4) is 0 Å². The molecule has 5 nitrogen and oxygen atoms in total. The van der Waals surface area contributed by atoms with Crippen LogP contribution in [0.15, 0.2) is 35.5 Å². The summed E-state index contributed by atoms with van der Waals surface area (Å²) in [7, 11) is 0. The van der Waals surface area contributed by atoms with Crippen molar-refractivity contribution in [3.63, 3.8) is 0 Å². The molecular weight excluding hydrogens is 314 g/mol. The Kier molecular flexibility index (Phi) is 6.81. The van der Waals surface area contributed by atoms with Crippen LogP contribution in [0.3, 0.4) is 0 Å². The first-order valence-electron chi connectivity index (χ1n) is 5.69. The van der Waals surface area contributed by atoms with Gasteiger partial charge in [-0.15, -0.1) is 0 Å². The SMILES string of the molecule is CCOC(=O)/C(=N\OCc1ccccc1)C(=O)CBr. The second kappa shape index (κ2) is 8.42. The highest BCUT2D eigenvalue weighted by Crippen LogP contribution is 2.02. The fraction of sp³-hybridized carbons (Fsp3) is 0.308. The number of carbonyl (C=O) groups excluding carboxylic acids is 2. The molecule has 19 heavy (non-hydrogen) atoms. The van der Waals surface area contributed by atoms with Crippen LogP contribution in [-0.4, -0.2) is 29.4 Å². The summed E-state index contributed by atoms with van der Waals surface area (Å²) in [6, 6.07) is 9.31. The smallest absolute Gasteiger partial charge is 0.364 e. The van der Waals surface area contributed by atoms with Crippen LogP contribution in [-0.2, 0) is 25.8 Å². The van der Waals surface area contributed by atoms with E-state index in [9.17, 15) is 9.59 Å². The number of rotatable bonds is 7. The van der Waals surface area contributed by atoms with Crippen molar-refractivity contribution in [3.05, 3.63) is 35.9 Å². The molecule has 0 heterocycles. The lowest BCUT2D eigenvalue weighted by atomic mass is 10.2. The van der Waals surface area contributed by atoms with Gasteiger partial charge >= 0.3 is 5.97 Å². The first-order chi connectivity index (χ1) is 9.19. The minimum Gasteiger partial charge on any atom is -0.461 e. The van der Waals surface area contributed by atoms with Crippen molar-refractivity contribution in [1.29, 1.82) is 0 Å². The minimum absolute atomic E-state index is 0.0145. The van der Waals surface area contributed by atoms with Gasteiger partial charge in [-0.2, -0.15) is 0 Å². The molecule has 0 amide bonds. The lowest BCUT2D eigenvalue weighted by Gasteiger charge is -2.04. The standard InChI is InChI=1S/C13H14BrNO4/c1-2-18-13(17)12(11(16)8-14)15-19-9-10-6-4-3-5-7-10/h3-7H,2,8-9H2,1H3/b15-12-. The Morgan fingerprint density at radius 3 is 2.53 bits per heavy atom. The van der Waals surface area contributed by atoms with Crippen molar-refractivity contribution >= 4 is 33.4 Å². The molecule has 1 aromatic carbocycles. The number of alkyl halides is 1. The quantitative estimate of drug-likeness (QED) is 0.253. The van der Waals surface area contributed by atoms with Gasteiger partial charge in [0.05, 0.1) is 11.9 Å². The third-order valence-corrected chi connectivity index (χ3v) is 2.59. The molecule has 0 spiro atoms. The highest BCUT2D eigenvalue weighted by molar-refractivity contribution is 9.09. The van der Waals surface area contributed by atoms with Gasteiger partial charge in [0.25, 0.3) is 0 Å². The van der Waals surface area contributed by atoms with Crippen molar-refractivity contribution in [2.24, 2.45) is 5.16 Å². The van der Waals surface area contributed by atoms with Gasteiger partial charge < -0.3 is 9.57 Å². The average Bonchev–Trinajstić information content (AvgIpc) is 2.44. The molecule has 0 bridgehead atoms. The number of ketones is 1. The van der Waals surface area contributed by atoms with E-state index in [-0.39, 0.29) is 24.3 Å². The summed E-state index contributed by atoms with van der Waals surface area (Å²) < 4.78 is 4.74. The molecule has 0 saturated carbocycles. The molecule has 0 radical (unpaired) electrons. The highest BCUT2D eigenvalue weighted by atomic mass is 79.9. The number of benzene rings is 1. The monoisotopic (exact) mass is 327 g/mol. The van der Waals surface area contributed by atoms with Gasteiger partial charge in [-0.1, -0.05) is 51.4 Å². The number of Topliss-reactive ketones (excluding diaryl/α,β-unsaturated/α-hetero) is 1. The molecule has 1 rings (SSSR count). The fourth-order valence-electron chi connectivity index (χ4n) is 1.21. The van der Waals surface area contributed by atoms with Crippen LogP contribution in [0.1, 0.15) is 12.5 Å². The summed E-state index contributed by atoms with van der Waals surface area (Å²) in [4.78, 5) is 28.0. The summed E-state index contributed by atoms with van der Waals surface area (Å²) in [6.45, 7) is 2.00. The van der Waals surface area contributed by atoms with E-state index < -0.39 is 11.8 Å².